The van der Waals surface area contributed by atoms with Gasteiger partial charge in [-0.3, -0.25) is 4.79 Å². The summed E-state index contributed by atoms with van der Waals surface area (Å²) in [5.41, 5.74) is 1.04. The van der Waals surface area contributed by atoms with Crippen LogP contribution in [0.1, 0.15) is 44.1 Å². The van der Waals surface area contributed by atoms with Crippen molar-refractivity contribution in [3.63, 3.8) is 0 Å². The third-order valence-electron chi connectivity index (χ3n) is 4.26. The molecular formula is C18H28N4O3. The van der Waals surface area contributed by atoms with Gasteiger partial charge in [-0.2, -0.15) is 0 Å². The molecule has 7 heteroatoms. The average Bonchev–Trinajstić information content (AvgIpc) is 2.66. The number of rotatable bonds is 8. The van der Waals surface area contributed by atoms with Crippen molar-refractivity contribution >= 4 is 17.8 Å². The van der Waals surface area contributed by atoms with Crippen molar-refractivity contribution < 1.29 is 14.3 Å². The molecule has 1 aromatic rings. The summed E-state index contributed by atoms with van der Waals surface area (Å²) in [6.07, 6.45) is 7.35. The van der Waals surface area contributed by atoms with Crippen molar-refractivity contribution in [2.75, 3.05) is 31.6 Å². The number of hydrogen-bond acceptors (Lipinski definition) is 5. The largest absolute Gasteiger partial charge is 0.469 e. The van der Waals surface area contributed by atoms with Gasteiger partial charge in [-0.15, -0.1) is 0 Å². The van der Waals surface area contributed by atoms with E-state index in [4.69, 9.17) is 0 Å². The van der Waals surface area contributed by atoms with E-state index in [1.807, 2.05) is 12.1 Å². The highest BCUT2D eigenvalue weighted by atomic mass is 16.5. The Labute approximate surface area is 149 Å². The fourth-order valence-electron chi connectivity index (χ4n) is 2.81. The summed E-state index contributed by atoms with van der Waals surface area (Å²) >= 11 is 0. The van der Waals surface area contributed by atoms with Gasteiger partial charge in [-0.25, -0.2) is 9.78 Å². The molecule has 7 nitrogen and oxygen atoms in total. The van der Waals surface area contributed by atoms with Crippen LogP contribution >= 0.6 is 0 Å². The first-order chi connectivity index (χ1) is 12.2. The van der Waals surface area contributed by atoms with Crippen LogP contribution in [0.25, 0.3) is 0 Å². The number of amides is 2. The Morgan fingerprint density at radius 1 is 1.20 bits per heavy atom. The van der Waals surface area contributed by atoms with Crippen molar-refractivity contribution in [1.29, 1.82) is 0 Å². The second-order valence-corrected chi connectivity index (χ2v) is 6.21. The zero-order chi connectivity index (χ0) is 17.9. The van der Waals surface area contributed by atoms with E-state index in [-0.39, 0.29) is 12.0 Å². The first kappa shape index (κ1) is 19.0. The highest BCUT2D eigenvalue weighted by Gasteiger charge is 2.12. The Hall–Kier alpha value is -2.31. The van der Waals surface area contributed by atoms with Crippen LogP contribution in [-0.2, 0) is 16.1 Å². The van der Waals surface area contributed by atoms with Gasteiger partial charge in [0.25, 0.3) is 0 Å². The fraction of sp³-hybridized carbons (Fsp3) is 0.611. The second-order valence-electron chi connectivity index (χ2n) is 6.21. The molecule has 0 saturated carbocycles. The van der Waals surface area contributed by atoms with Gasteiger partial charge in [0.1, 0.15) is 5.82 Å². The van der Waals surface area contributed by atoms with Gasteiger partial charge in [0.15, 0.2) is 0 Å². The number of nitrogens with one attached hydrogen (secondary N) is 2. The number of aromatic nitrogens is 1. The standard InChI is InChI=1S/C18H28N4O3/c1-25-17(23)7-3-4-9-20-18(24)21-14-15-8-10-19-16(13-15)22-11-5-2-6-12-22/h8,10,13H,2-7,9,11-12,14H2,1H3,(H2,20,21,24). The first-order valence-electron chi connectivity index (χ1n) is 8.97. The number of piperidine rings is 1. The predicted molar refractivity (Wildman–Crippen MR) is 96.4 cm³/mol. The molecule has 0 bridgehead atoms. The molecule has 0 atom stereocenters. The molecule has 2 amide bonds. The highest BCUT2D eigenvalue weighted by Crippen LogP contribution is 2.18. The lowest BCUT2D eigenvalue weighted by atomic mass is 10.1. The van der Waals surface area contributed by atoms with Crippen LogP contribution in [0, 0.1) is 0 Å². The smallest absolute Gasteiger partial charge is 0.315 e. The molecule has 1 aromatic heterocycles. The minimum atomic E-state index is -0.216. The van der Waals surface area contributed by atoms with Gasteiger partial charge >= 0.3 is 12.0 Å². The number of unbranched alkanes of at least 4 members (excludes halogenated alkanes) is 1. The van der Waals surface area contributed by atoms with E-state index in [0.717, 1.165) is 30.9 Å². The third-order valence-corrected chi connectivity index (χ3v) is 4.26. The number of urea groups is 1. The highest BCUT2D eigenvalue weighted by molar-refractivity contribution is 5.73. The topological polar surface area (TPSA) is 83.6 Å². The summed E-state index contributed by atoms with van der Waals surface area (Å²) in [7, 11) is 1.38. The molecule has 1 fully saturated rings. The number of pyridine rings is 1. The van der Waals surface area contributed by atoms with E-state index in [9.17, 15) is 9.59 Å². The monoisotopic (exact) mass is 348 g/mol. The molecule has 0 spiro atoms. The minimum absolute atomic E-state index is 0.200. The summed E-state index contributed by atoms with van der Waals surface area (Å²) in [6, 6.07) is 3.76. The van der Waals surface area contributed by atoms with Crippen LogP contribution in [0.3, 0.4) is 0 Å². The lowest BCUT2D eigenvalue weighted by Crippen LogP contribution is -2.35. The van der Waals surface area contributed by atoms with Gasteiger partial charge in [-0.1, -0.05) is 0 Å². The maximum Gasteiger partial charge on any atom is 0.315 e. The molecule has 0 radical (unpaired) electrons. The number of ether oxygens (including phenoxy) is 1. The molecule has 25 heavy (non-hydrogen) atoms. The van der Waals surface area contributed by atoms with Gasteiger partial charge in [0, 0.05) is 38.8 Å². The molecule has 1 aliphatic rings. The lowest BCUT2D eigenvalue weighted by Gasteiger charge is -2.27. The van der Waals surface area contributed by atoms with E-state index in [1.165, 1.54) is 26.4 Å². The maximum absolute atomic E-state index is 11.8. The Bertz CT molecular complexity index is 559. The molecule has 0 aliphatic carbocycles. The van der Waals surface area contributed by atoms with Crippen LogP contribution in [0.5, 0.6) is 0 Å². The van der Waals surface area contributed by atoms with Crippen LogP contribution < -0.4 is 15.5 Å². The number of carbonyl (C=O) groups is 2. The summed E-state index contributed by atoms with van der Waals surface area (Å²) in [4.78, 5) is 29.5. The van der Waals surface area contributed by atoms with Gasteiger partial charge in [0.2, 0.25) is 0 Å². The minimum Gasteiger partial charge on any atom is -0.469 e. The zero-order valence-electron chi connectivity index (χ0n) is 14.9. The molecule has 2 rings (SSSR count). The van der Waals surface area contributed by atoms with Crippen molar-refractivity contribution in [3.8, 4) is 0 Å². The first-order valence-corrected chi connectivity index (χ1v) is 8.97. The van der Waals surface area contributed by atoms with Crippen LogP contribution in [0.15, 0.2) is 18.3 Å². The Kier molecular flexibility index (Phi) is 8.01. The van der Waals surface area contributed by atoms with Crippen molar-refractivity contribution in [2.24, 2.45) is 0 Å². The number of hydrogen-bond donors (Lipinski definition) is 2. The Morgan fingerprint density at radius 2 is 2.00 bits per heavy atom. The van der Waals surface area contributed by atoms with E-state index < -0.39 is 0 Å². The Balaban J connectivity index is 1.66. The number of esters is 1. The van der Waals surface area contributed by atoms with E-state index in [1.54, 1.807) is 6.20 Å². The SMILES string of the molecule is COC(=O)CCCCNC(=O)NCc1ccnc(N2CCCCC2)c1. The van der Waals surface area contributed by atoms with Gasteiger partial charge in [0.05, 0.1) is 7.11 Å². The number of methoxy groups -OCH3 is 1. The van der Waals surface area contributed by atoms with Crippen LogP contribution in [-0.4, -0.2) is 43.7 Å². The maximum atomic E-state index is 11.8. The van der Waals surface area contributed by atoms with E-state index in [0.29, 0.717) is 25.9 Å². The predicted octanol–water partition coefficient (Wildman–Crippen LogP) is 2.21. The molecule has 1 aliphatic heterocycles. The lowest BCUT2D eigenvalue weighted by molar-refractivity contribution is -0.140. The normalized spacial score (nSPS) is 14.0. The molecular weight excluding hydrogens is 320 g/mol. The summed E-state index contributed by atoms with van der Waals surface area (Å²) in [6.45, 7) is 3.11. The summed E-state index contributed by atoms with van der Waals surface area (Å²) in [5.74, 6) is 0.772. The third kappa shape index (κ3) is 6.99. The second kappa shape index (κ2) is 10.5. The number of nitrogens with zero attached hydrogens (tertiary/aromatic N) is 2. The molecule has 1 saturated heterocycles. The molecule has 2 N–H and O–H groups in total. The molecule has 2 heterocycles. The average molecular weight is 348 g/mol. The van der Waals surface area contributed by atoms with Crippen molar-refractivity contribution in [1.82, 2.24) is 15.6 Å². The molecule has 0 aromatic carbocycles. The van der Waals surface area contributed by atoms with Crippen LogP contribution in [0.4, 0.5) is 10.6 Å². The molecule has 0 unspecified atom stereocenters. The molecule has 138 valence electrons. The van der Waals surface area contributed by atoms with E-state index >= 15 is 0 Å². The van der Waals surface area contributed by atoms with Gasteiger partial charge in [-0.05, 0) is 49.8 Å². The van der Waals surface area contributed by atoms with E-state index in [2.05, 4.69) is 25.3 Å². The zero-order valence-corrected chi connectivity index (χ0v) is 14.9. The van der Waals surface area contributed by atoms with Crippen molar-refractivity contribution in [2.45, 2.75) is 45.1 Å². The number of anilines is 1. The quantitative estimate of drug-likeness (QED) is 0.556. The summed E-state index contributed by atoms with van der Waals surface area (Å²) in [5, 5.41) is 5.65. The summed E-state index contributed by atoms with van der Waals surface area (Å²) < 4.78 is 4.57. The van der Waals surface area contributed by atoms with Gasteiger partial charge < -0.3 is 20.3 Å². The van der Waals surface area contributed by atoms with Crippen LogP contribution in [0.2, 0.25) is 0 Å². The fourth-order valence-corrected chi connectivity index (χ4v) is 2.81. The Morgan fingerprint density at radius 3 is 2.76 bits per heavy atom. The van der Waals surface area contributed by atoms with Crippen molar-refractivity contribution in [3.05, 3.63) is 23.9 Å². The number of carbonyl (C=O) groups excluding carboxylic acids is 2.